The Kier molecular flexibility index (Phi) is 5.20. The van der Waals surface area contributed by atoms with Gasteiger partial charge in [0.25, 0.3) is 15.9 Å². The van der Waals surface area contributed by atoms with E-state index in [1.54, 1.807) is 24.3 Å². The third kappa shape index (κ3) is 3.75. The molecule has 1 aliphatic rings. The first kappa shape index (κ1) is 20.5. The first-order valence-electron chi connectivity index (χ1n) is 9.33. The highest BCUT2D eigenvalue weighted by molar-refractivity contribution is 7.92. The van der Waals surface area contributed by atoms with Gasteiger partial charge in [-0.2, -0.15) is 0 Å². The molecule has 0 radical (unpaired) electrons. The van der Waals surface area contributed by atoms with Gasteiger partial charge >= 0.3 is 0 Å². The number of carbonyl (C=O) groups excluding carboxylic acids is 2. The zero-order valence-corrected chi connectivity index (χ0v) is 17.3. The minimum Gasteiger partial charge on any atom is -0.323 e. The van der Waals surface area contributed by atoms with Crippen molar-refractivity contribution in [3.05, 3.63) is 84.2 Å². The van der Waals surface area contributed by atoms with Crippen LogP contribution in [0.5, 0.6) is 0 Å². The summed E-state index contributed by atoms with van der Waals surface area (Å²) in [6.45, 7) is -0.193. The second kappa shape index (κ2) is 7.84. The van der Waals surface area contributed by atoms with Gasteiger partial charge in [0.05, 0.1) is 22.0 Å². The van der Waals surface area contributed by atoms with Crippen molar-refractivity contribution in [1.82, 2.24) is 0 Å². The molecule has 9 heteroatoms. The minimum atomic E-state index is -4.13. The smallest absolute Gasteiger partial charge is 0.264 e. The number of para-hydroxylation sites is 3. The Morgan fingerprint density at radius 2 is 1.74 bits per heavy atom. The van der Waals surface area contributed by atoms with E-state index < -0.39 is 21.7 Å². The molecule has 0 fully saturated rings. The zero-order valence-electron chi connectivity index (χ0n) is 16.4. The van der Waals surface area contributed by atoms with Crippen molar-refractivity contribution >= 4 is 38.9 Å². The molecule has 0 spiro atoms. The molecule has 0 atom stereocenters. The summed E-state index contributed by atoms with van der Waals surface area (Å²) in [6, 6.07) is 17.8. The SMILES string of the molecule is CN(c1ccccc1F)S(=O)(=O)c1cccc(C(=O)N2CC(=O)Nc3ccccc32)c1. The van der Waals surface area contributed by atoms with Crippen molar-refractivity contribution in [2.75, 3.05) is 28.1 Å². The quantitative estimate of drug-likeness (QED) is 0.676. The maximum Gasteiger partial charge on any atom is 0.264 e. The van der Waals surface area contributed by atoms with E-state index in [1.165, 1.54) is 60.5 Å². The molecule has 7 nitrogen and oxygen atoms in total. The van der Waals surface area contributed by atoms with Crippen LogP contribution in [0.1, 0.15) is 10.4 Å². The Morgan fingerprint density at radius 3 is 2.52 bits per heavy atom. The number of nitrogens with one attached hydrogen (secondary N) is 1. The molecule has 2 amide bonds. The number of sulfonamides is 1. The summed E-state index contributed by atoms with van der Waals surface area (Å²) in [5.41, 5.74) is 0.993. The summed E-state index contributed by atoms with van der Waals surface area (Å²) in [5, 5.41) is 2.70. The van der Waals surface area contributed by atoms with Crippen LogP contribution < -0.4 is 14.5 Å². The molecule has 0 aliphatic carbocycles. The molecular formula is C22H18FN3O4S. The minimum absolute atomic E-state index is 0.0903. The number of hydrogen-bond donors (Lipinski definition) is 1. The number of halogens is 1. The molecule has 3 aromatic carbocycles. The van der Waals surface area contributed by atoms with Crippen LogP contribution in [0.15, 0.2) is 77.7 Å². The van der Waals surface area contributed by atoms with E-state index in [0.29, 0.717) is 11.4 Å². The highest BCUT2D eigenvalue weighted by Gasteiger charge is 2.29. The predicted molar refractivity (Wildman–Crippen MR) is 115 cm³/mol. The average molecular weight is 439 g/mol. The normalized spacial score (nSPS) is 13.4. The van der Waals surface area contributed by atoms with E-state index in [1.807, 2.05) is 0 Å². The van der Waals surface area contributed by atoms with Crippen LogP contribution in [0, 0.1) is 5.82 Å². The van der Waals surface area contributed by atoms with Crippen molar-refractivity contribution in [2.45, 2.75) is 4.90 Å². The van der Waals surface area contributed by atoms with Crippen LogP contribution >= 0.6 is 0 Å². The van der Waals surface area contributed by atoms with Crippen LogP contribution in [-0.2, 0) is 14.8 Å². The lowest BCUT2D eigenvalue weighted by molar-refractivity contribution is -0.115. The number of carbonyl (C=O) groups is 2. The van der Waals surface area contributed by atoms with Crippen molar-refractivity contribution < 1.29 is 22.4 Å². The fraction of sp³-hybridized carbons (Fsp3) is 0.0909. The van der Waals surface area contributed by atoms with E-state index in [9.17, 15) is 22.4 Å². The molecule has 158 valence electrons. The van der Waals surface area contributed by atoms with Crippen molar-refractivity contribution in [3.8, 4) is 0 Å². The van der Waals surface area contributed by atoms with Gasteiger partial charge in [0.2, 0.25) is 5.91 Å². The highest BCUT2D eigenvalue weighted by atomic mass is 32.2. The van der Waals surface area contributed by atoms with Gasteiger partial charge in [-0.25, -0.2) is 12.8 Å². The van der Waals surface area contributed by atoms with Crippen molar-refractivity contribution in [1.29, 1.82) is 0 Å². The van der Waals surface area contributed by atoms with Crippen LogP contribution in [0.2, 0.25) is 0 Å². The van der Waals surface area contributed by atoms with Gasteiger partial charge in [-0.3, -0.25) is 18.8 Å². The topological polar surface area (TPSA) is 86.8 Å². The Labute approximate surface area is 178 Å². The molecule has 0 unspecified atom stereocenters. The van der Waals surface area contributed by atoms with E-state index in [-0.39, 0.29) is 28.6 Å². The summed E-state index contributed by atoms with van der Waals surface area (Å²) in [6.07, 6.45) is 0. The van der Waals surface area contributed by atoms with Gasteiger partial charge in [0.15, 0.2) is 0 Å². The van der Waals surface area contributed by atoms with Gasteiger partial charge in [-0.1, -0.05) is 30.3 Å². The van der Waals surface area contributed by atoms with E-state index >= 15 is 0 Å². The Balaban J connectivity index is 1.70. The Bertz CT molecular complexity index is 1290. The Hall–Kier alpha value is -3.72. The molecule has 1 aliphatic heterocycles. The third-order valence-electron chi connectivity index (χ3n) is 4.95. The first-order chi connectivity index (χ1) is 14.8. The fourth-order valence-electron chi connectivity index (χ4n) is 3.35. The molecule has 1 heterocycles. The van der Waals surface area contributed by atoms with Gasteiger partial charge in [0, 0.05) is 12.6 Å². The summed E-state index contributed by atoms with van der Waals surface area (Å²) in [4.78, 5) is 26.3. The number of anilines is 3. The fourth-order valence-corrected chi connectivity index (χ4v) is 4.60. The van der Waals surface area contributed by atoms with Crippen LogP contribution in [-0.4, -0.2) is 33.8 Å². The van der Waals surface area contributed by atoms with Crippen LogP contribution in [0.4, 0.5) is 21.5 Å². The number of fused-ring (bicyclic) bond motifs is 1. The van der Waals surface area contributed by atoms with Crippen molar-refractivity contribution in [2.24, 2.45) is 0 Å². The molecule has 31 heavy (non-hydrogen) atoms. The average Bonchev–Trinajstić information content (AvgIpc) is 2.78. The van der Waals surface area contributed by atoms with Gasteiger partial charge in [0.1, 0.15) is 12.4 Å². The second-order valence-electron chi connectivity index (χ2n) is 6.91. The number of amides is 2. The lowest BCUT2D eigenvalue weighted by Gasteiger charge is -2.29. The molecular weight excluding hydrogens is 421 g/mol. The van der Waals surface area contributed by atoms with Gasteiger partial charge < -0.3 is 5.32 Å². The van der Waals surface area contributed by atoms with Crippen molar-refractivity contribution in [3.63, 3.8) is 0 Å². The van der Waals surface area contributed by atoms with Crippen LogP contribution in [0.3, 0.4) is 0 Å². The van der Waals surface area contributed by atoms with Gasteiger partial charge in [-0.15, -0.1) is 0 Å². The largest absolute Gasteiger partial charge is 0.323 e. The number of hydrogen-bond acceptors (Lipinski definition) is 4. The standard InChI is InChI=1S/C22H18FN3O4S/c1-25(19-11-4-2-9-17(19)23)31(29,30)16-8-6-7-15(13-16)22(28)26-14-21(27)24-18-10-3-5-12-20(18)26/h2-13H,14H2,1H3,(H,24,27). The van der Waals surface area contributed by atoms with Crippen LogP contribution in [0.25, 0.3) is 0 Å². The number of rotatable bonds is 4. The van der Waals surface area contributed by atoms with E-state index in [0.717, 1.165) is 4.31 Å². The Morgan fingerprint density at radius 1 is 1.03 bits per heavy atom. The molecule has 3 aromatic rings. The lowest BCUT2D eigenvalue weighted by atomic mass is 10.1. The molecule has 0 saturated heterocycles. The maximum atomic E-state index is 14.1. The summed E-state index contributed by atoms with van der Waals surface area (Å²) < 4.78 is 41.1. The first-order valence-corrected chi connectivity index (χ1v) is 10.8. The number of nitrogens with zero attached hydrogens (tertiary/aromatic N) is 2. The predicted octanol–water partition coefficient (Wildman–Crippen LogP) is 3.25. The molecule has 0 bridgehead atoms. The molecule has 0 aromatic heterocycles. The lowest BCUT2D eigenvalue weighted by Crippen LogP contribution is -2.42. The van der Waals surface area contributed by atoms with Gasteiger partial charge in [-0.05, 0) is 42.5 Å². The monoisotopic (exact) mass is 439 g/mol. The number of benzene rings is 3. The van der Waals surface area contributed by atoms with E-state index in [2.05, 4.69) is 5.32 Å². The molecule has 1 N–H and O–H groups in total. The highest BCUT2D eigenvalue weighted by Crippen LogP contribution is 2.31. The van der Waals surface area contributed by atoms with E-state index in [4.69, 9.17) is 0 Å². The zero-order chi connectivity index (χ0) is 22.2. The third-order valence-corrected chi connectivity index (χ3v) is 6.71. The maximum absolute atomic E-state index is 14.1. The molecule has 0 saturated carbocycles. The second-order valence-corrected chi connectivity index (χ2v) is 8.88. The molecule has 4 rings (SSSR count). The summed E-state index contributed by atoms with van der Waals surface area (Å²) in [7, 11) is -2.89. The summed E-state index contributed by atoms with van der Waals surface area (Å²) in [5.74, 6) is -1.56. The summed E-state index contributed by atoms with van der Waals surface area (Å²) >= 11 is 0.